The van der Waals surface area contributed by atoms with Gasteiger partial charge in [-0.2, -0.15) is 0 Å². The van der Waals surface area contributed by atoms with Crippen LogP contribution in [0, 0.1) is 41.5 Å². The zero-order valence-electron chi connectivity index (χ0n) is 77.3. The molecule has 0 bridgehead atoms. The third kappa shape index (κ3) is 15.3. The molecule has 658 valence electrons. The lowest BCUT2D eigenvalue weighted by molar-refractivity contribution is 0.666. The van der Waals surface area contributed by atoms with Crippen LogP contribution in [-0.2, 0) is 0 Å². The molecule has 0 radical (unpaired) electrons. The number of nitrogens with zero attached hydrogens (tertiary/aromatic N) is 4. The number of hydrogen-bond donors (Lipinski definition) is 1. The van der Waals surface area contributed by atoms with E-state index < -0.39 is 0 Å². The van der Waals surface area contributed by atoms with E-state index in [0.717, 1.165) is 27.2 Å². The van der Waals surface area contributed by atoms with E-state index >= 15 is 0 Å². The van der Waals surface area contributed by atoms with Crippen LogP contribution in [0.3, 0.4) is 0 Å². The van der Waals surface area contributed by atoms with Crippen LogP contribution in [-0.4, -0.2) is 18.3 Å². The van der Waals surface area contributed by atoms with Gasteiger partial charge in [-0.05, 0) is 282 Å². The van der Waals surface area contributed by atoms with E-state index in [9.17, 15) is 0 Å². The minimum Gasteiger partial charge on any atom is -0.456 e. The molecule has 0 N–H and O–H groups in total. The third-order valence-corrected chi connectivity index (χ3v) is 29.1. The maximum atomic E-state index is 5.99. The molecule has 0 aliphatic heterocycles. The average Bonchev–Trinajstić information content (AvgIpc) is 1.57. The first-order valence-corrected chi connectivity index (χ1v) is 48.5. The SMILES string of the molecule is Cc1ccc2c(c1)c1cc3c(cc1n2-c1ccccc1)c1ccccc1n3-c1ccccc1.Cc1ccc2oc3cc4ccccc4cc3c2c1.Cc1ccc2sc3cc4ccccc4cc3c2c1.Cc1cccc(-c2ccc3ccccc3c2)c1S.Cc1cccc(-n2c3ccccc3c3cc4c(cc32)c2ccccc2n4-c2ccccc2)c1.Cc1cccc2c1oc1cc3ccccc3cc12. The number of benzene rings is 22. The molecule has 0 atom stereocenters. The Balaban J connectivity index is 0.0000000924. The number of hydrogen-bond acceptors (Lipinski definition) is 4. The van der Waals surface area contributed by atoms with Crippen molar-refractivity contribution >= 4 is 218 Å². The van der Waals surface area contributed by atoms with E-state index in [4.69, 9.17) is 8.83 Å². The van der Waals surface area contributed by atoms with Gasteiger partial charge in [-0.3, -0.25) is 0 Å². The Morgan fingerprint density at radius 1 is 0.196 bits per heavy atom. The second-order valence-corrected chi connectivity index (χ2v) is 37.9. The number of thiophene rings is 1. The van der Waals surface area contributed by atoms with Crippen LogP contribution < -0.4 is 0 Å². The fourth-order valence-electron chi connectivity index (χ4n) is 20.7. The van der Waals surface area contributed by atoms with E-state index in [1.54, 1.807) is 0 Å². The van der Waals surface area contributed by atoms with Crippen molar-refractivity contribution in [3.8, 4) is 33.9 Å². The Labute approximate surface area is 808 Å². The fraction of sp³-hybridized carbons (Fsp3) is 0.0462. The van der Waals surface area contributed by atoms with Crippen molar-refractivity contribution in [3.63, 3.8) is 0 Å². The Morgan fingerprint density at radius 3 is 1.09 bits per heavy atom. The Kier molecular flexibility index (Phi) is 21.5. The first kappa shape index (κ1) is 84.3. The van der Waals surface area contributed by atoms with E-state index in [2.05, 4.69) is 527 Å². The summed E-state index contributed by atoms with van der Waals surface area (Å²) in [5.74, 6) is 0. The van der Waals surface area contributed by atoms with Crippen LogP contribution >= 0.6 is 24.0 Å². The summed E-state index contributed by atoms with van der Waals surface area (Å²) in [5.41, 5.74) is 28.5. The van der Waals surface area contributed by atoms with Gasteiger partial charge >= 0.3 is 0 Å². The van der Waals surface area contributed by atoms with Crippen LogP contribution in [0.5, 0.6) is 0 Å². The molecule has 7 heterocycles. The highest BCUT2D eigenvalue weighted by molar-refractivity contribution is 7.80. The molecule has 0 amide bonds. The number of rotatable bonds is 5. The van der Waals surface area contributed by atoms with Gasteiger partial charge in [0.25, 0.3) is 0 Å². The fourth-order valence-corrected chi connectivity index (χ4v) is 22.1. The van der Waals surface area contributed by atoms with Gasteiger partial charge in [0.2, 0.25) is 0 Å². The largest absolute Gasteiger partial charge is 0.456 e. The molecule has 7 aromatic heterocycles. The summed E-state index contributed by atoms with van der Waals surface area (Å²) in [4.78, 5) is 1.06. The molecule has 29 rings (SSSR count). The van der Waals surface area contributed by atoms with Gasteiger partial charge in [-0.1, -0.05) is 302 Å². The van der Waals surface area contributed by atoms with Gasteiger partial charge in [0, 0.05) is 112 Å². The van der Waals surface area contributed by atoms with E-state index in [0.29, 0.717) is 0 Å². The molecule has 0 spiro atoms. The molecule has 8 heteroatoms. The number of thiol groups is 1. The molecular weight excluding hydrogens is 1710 g/mol. The number of aromatic nitrogens is 4. The Morgan fingerprint density at radius 2 is 0.551 bits per heavy atom. The minimum atomic E-state index is 0.964. The average molecular weight is 1810 g/mol. The zero-order valence-corrected chi connectivity index (χ0v) is 79.0. The normalized spacial score (nSPS) is 11.6. The standard InChI is InChI=1S/2C31H22N2.2C17H12O.C17H12S.C17H14S/c1-21-16-17-29-25(18-21)27-20-30-26(19-31(27)33(29)23-12-6-3-7-13-23)24-14-8-9-15-28(24)32(30)22-10-4-2-5-11-22;1-21-10-9-13-23(18-21)33-29-17-8-6-15-25(29)27-19-30-26(20-31(27)33)24-14-5-7-16-28(24)32(30)22-11-3-2-4-12-22;1-11-5-4-8-14-15-9-12-6-2-3-7-13(12)10-16(15)18-17(11)14;2*1-11-6-7-16-14(8-11)15-9-12-4-2-3-5-13(12)10-17(15)18-16;1-12-5-4-8-16(17(12)18)15-10-9-13-6-2-3-7-14(13)11-15/h2*2-20H,1H3;3*2-10H,1H3;2-11,18H,1H3. The summed E-state index contributed by atoms with van der Waals surface area (Å²) in [6.45, 7) is 12.8. The predicted octanol–water partition coefficient (Wildman–Crippen LogP) is 37.1. The maximum Gasteiger partial charge on any atom is 0.138 e. The van der Waals surface area contributed by atoms with Gasteiger partial charge in [0.05, 0.1) is 44.1 Å². The van der Waals surface area contributed by atoms with E-state index in [1.807, 2.05) is 11.3 Å². The molecule has 0 unspecified atom stereocenters. The molecule has 29 aromatic rings. The highest BCUT2D eigenvalue weighted by Gasteiger charge is 2.23. The maximum absolute atomic E-state index is 5.99. The molecule has 0 saturated heterocycles. The summed E-state index contributed by atoms with van der Waals surface area (Å²) in [6, 6.07) is 163. The molecule has 22 aromatic carbocycles. The van der Waals surface area contributed by atoms with Gasteiger partial charge in [0.15, 0.2) is 0 Å². The first-order valence-electron chi connectivity index (χ1n) is 47.2. The molecule has 0 fully saturated rings. The minimum absolute atomic E-state index is 0.964. The summed E-state index contributed by atoms with van der Waals surface area (Å²) in [7, 11) is 0. The van der Waals surface area contributed by atoms with Crippen LogP contribution in [0.1, 0.15) is 33.4 Å². The van der Waals surface area contributed by atoms with Crippen LogP contribution in [0.4, 0.5) is 0 Å². The lowest BCUT2D eigenvalue weighted by Crippen LogP contribution is -1.94. The highest BCUT2D eigenvalue weighted by Crippen LogP contribution is 2.45. The topological polar surface area (TPSA) is 46.0 Å². The summed E-state index contributed by atoms with van der Waals surface area (Å²) < 4.78 is 24.3. The second kappa shape index (κ2) is 35.3. The van der Waals surface area contributed by atoms with Crippen LogP contribution in [0.2, 0.25) is 0 Å². The van der Waals surface area contributed by atoms with Crippen molar-refractivity contribution in [2.24, 2.45) is 0 Å². The number of aryl methyl sites for hydroxylation is 6. The number of furan rings is 2. The van der Waals surface area contributed by atoms with Gasteiger partial charge in [-0.25, -0.2) is 0 Å². The van der Waals surface area contributed by atoms with Crippen molar-refractivity contribution < 1.29 is 8.83 Å². The van der Waals surface area contributed by atoms with Crippen molar-refractivity contribution in [1.29, 1.82) is 0 Å². The molecular formula is C130H94N4O2S2. The molecule has 138 heavy (non-hydrogen) atoms. The van der Waals surface area contributed by atoms with Crippen molar-refractivity contribution in [2.75, 3.05) is 0 Å². The summed E-state index contributed by atoms with van der Waals surface area (Å²) >= 11 is 6.50. The van der Waals surface area contributed by atoms with Crippen LogP contribution in [0.15, 0.2) is 469 Å². The quantitative estimate of drug-likeness (QED) is 0.175. The number of fused-ring (bicyclic) bond motifs is 25. The van der Waals surface area contributed by atoms with Crippen molar-refractivity contribution in [3.05, 3.63) is 488 Å². The molecule has 0 aliphatic carbocycles. The molecule has 0 aliphatic rings. The van der Waals surface area contributed by atoms with Gasteiger partial charge < -0.3 is 27.1 Å². The van der Waals surface area contributed by atoms with E-state index in [1.165, 1.54) is 239 Å². The van der Waals surface area contributed by atoms with E-state index in [-0.39, 0.29) is 0 Å². The highest BCUT2D eigenvalue weighted by atomic mass is 32.1. The summed E-state index contributed by atoms with van der Waals surface area (Å²) in [6.07, 6.45) is 0. The monoisotopic (exact) mass is 1810 g/mol. The van der Waals surface area contributed by atoms with Crippen LogP contribution in [0.25, 0.3) is 228 Å². The first-order chi connectivity index (χ1) is 67.8. The summed E-state index contributed by atoms with van der Waals surface area (Å²) in [5, 5.41) is 28.0. The predicted molar refractivity (Wildman–Crippen MR) is 595 cm³/mol. The van der Waals surface area contributed by atoms with Gasteiger partial charge in [-0.15, -0.1) is 24.0 Å². The van der Waals surface area contributed by atoms with Gasteiger partial charge in [0.1, 0.15) is 22.3 Å². The Hall–Kier alpha value is -16.8. The number of para-hydroxylation sites is 7. The molecule has 0 saturated carbocycles. The second-order valence-electron chi connectivity index (χ2n) is 36.4. The lowest BCUT2D eigenvalue weighted by atomic mass is 10.00. The smallest absolute Gasteiger partial charge is 0.138 e. The third-order valence-electron chi connectivity index (χ3n) is 27.3. The van der Waals surface area contributed by atoms with Crippen molar-refractivity contribution in [1.82, 2.24) is 18.3 Å². The van der Waals surface area contributed by atoms with Crippen molar-refractivity contribution in [2.45, 2.75) is 46.4 Å². The zero-order chi connectivity index (χ0) is 92.8. The molecule has 6 nitrogen and oxygen atoms in total. The Bertz CT molecular complexity index is 9650. The lowest BCUT2D eigenvalue weighted by Gasteiger charge is -2.09.